The molecule has 5 heteroatoms. The molecule has 0 unspecified atom stereocenters. The number of hydrogen-bond donors (Lipinski definition) is 1. The van der Waals surface area contributed by atoms with Gasteiger partial charge in [-0.15, -0.1) is 0 Å². The molecule has 0 bridgehead atoms. The van der Waals surface area contributed by atoms with Crippen LogP contribution in [0.1, 0.15) is 15.9 Å². The van der Waals surface area contributed by atoms with Gasteiger partial charge in [0.1, 0.15) is 0 Å². The summed E-state index contributed by atoms with van der Waals surface area (Å²) >= 11 is 6.03. The lowest BCUT2D eigenvalue weighted by molar-refractivity contribution is 0.102. The van der Waals surface area contributed by atoms with E-state index < -0.39 is 0 Å². The number of anilines is 1. The number of carbonyl (C=O) groups excluding carboxylic acids is 1. The van der Waals surface area contributed by atoms with Crippen LogP contribution in [0.4, 0.5) is 5.69 Å². The van der Waals surface area contributed by atoms with Gasteiger partial charge in [0, 0.05) is 22.3 Å². The summed E-state index contributed by atoms with van der Waals surface area (Å²) in [7, 11) is 3.10. The highest BCUT2D eigenvalue weighted by Crippen LogP contribution is 2.30. The van der Waals surface area contributed by atoms with E-state index in [1.54, 1.807) is 44.6 Å². The van der Waals surface area contributed by atoms with Crippen molar-refractivity contribution in [1.82, 2.24) is 0 Å². The molecule has 0 saturated heterocycles. The summed E-state index contributed by atoms with van der Waals surface area (Å²) in [5, 5.41) is 3.36. The van der Waals surface area contributed by atoms with Crippen molar-refractivity contribution in [3.05, 3.63) is 52.5 Å². The molecule has 0 aliphatic carbocycles. The van der Waals surface area contributed by atoms with Gasteiger partial charge in [-0.1, -0.05) is 17.7 Å². The summed E-state index contributed by atoms with van der Waals surface area (Å²) in [6.45, 7) is 1.89. The van der Waals surface area contributed by atoms with E-state index in [0.29, 0.717) is 27.8 Å². The van der Waals surface area contributed by atoms with Crippen molar-refractivity contribution in [3.8, 4) is 11.5 Å². The molecule has 0 aliphatic heterocycles. The Morgan fingerprint density at radius 2 is 1.76 bits per heavy atom. The molecule has 4 nitrogen and oxygen atoms in total. The third kappa shape index (κ3) is 3.47. The molecule has 0 saturated carbocycles. The van der Waals surface area contributed by atoms with Crippen LogP contribution >= 0.6 is 11.6 Å². The van der Waals surface area contributed by atoms with Crippen LogP contribution in [0.2, 0.25) is 5.02 Å². The smallest absolute Gasteiger partial charge is 0.255 e. The lowest BCUT2D eigenvalue weighted by Crippen LogP contribution is -2.12. The first-order valence-corrected chi connectivity index (χ1v) is 6.72. The van der Waals surface area contributed by atoms with Crippen LogP contribution in [0.5, 0.6) is 11.5 Å². The van der Waals surface area contributed by atoms with Crippen LogP contribution in [0.15, 0.2) is 36.4 Å². The summed E-state index contributed by atoms with van der Waals surface area (Å²) in [5.74, 6) is 0.926. The number of rotatable bonds is 4. The minimum atomic E-state index is -0.232. The van der Waals surface area contributed by atoms with Crippen molar-refractivity contribution < 1.29 is 14.3 Å². The first kappa shape index (κ1) is 15.2. The first-order valence-electron chi connectivity index (χ1n) is 6.34. The Bertz CT molecular complexity index is 671. The zero-order chi connectivity index (χ0) is 15.4. The Kier molecular flexibility index (Phi) is 4.70. The average Bonchev–Trinajstić information content (AvgIpc) is 2.49. The number of amides is 1. The third-order valence-corrected chi connectivity index (χ3v) is 3.48. The molecule has 0 fully saturated rings. The maximum atomic E-state index is 12.2. The molecule has 2 aromatic carbocycles. The van der Waals surface area contributed by atoms with E-state index in [4.69, 9.17) is 21.1 Å². The molecular formula is C16H16ClNO3. The van der Waals surface area contributed by atoms with Crippen molar-refractivity contribution in [2.45, 2.75) is 6.92 Å². The molecule has 0 aliphatic rings. The maximum Gasteiger partial charge on any atom is 0.255 e. The van der Waals surface area contributed by atoms with Crippen LogP contribution in [0, 0.1) is 6.92 Å². The number of aryl methyl sites for hydroxylation is 1. The van der Waals surface area contributed by atoms with Gasteiger partial charge < -0.3 is 14.8 Å². The fraction of sp³-hybridized carbons (Fsp3) is 0.188. The highest BCUT2D eigenvalue weighted by Gasteiger charge is 2.10. The highest BCUT2D eigenvalue weighted by molar-refractivity contribution is 6.31. The zero-order valence-electron chi connectivity index (χ0n) is 12.1. The summed E-state index contributed by atoms with van der Waals surface area (Å²) in [5.41, 5.74) is 2.05. The number of methoxy groups -OCH3 is 2. The SMILES string of the molecule is COc1ccc(NC(=O)c2ccc(C)c(Cl)c2)cc1OC. The third-order valence-electron chi connectivity index (χ3n) is 3.08. The van der Waals surface area contributed by atoms with Crippen LogP contribution in [0.3, 0.4) is 0 Å². The number of carbonyl (C=O) groups is 1. The second-order valence-corrected chi connectivity index (χ2v) is 4.90. The summed E-state index contributed by atoms with van der Waals surface area (Å²) in [4.78, 5) is 12.2. The monoisotopic (exact) mass is 305 g/mol. The molecule has 110 valence electrons. The zero-order valence-corrected chi connectivity index (χ0v) is 12.8. The number of halogens is 1. The Balaban J connectivity index is 2.21. The molecule has 0 atom stereocenters. The molecule has 2 rings (SSSR count). The predicted octanol–water partition coefficient (Wildman–Crippen LogP) is 3.92. The predicted molar refractivity (Wildman–Crippen MR) is 83.7 cm³/mol. The lowest BCUT2D eigenvalue weighted by atomic mass is 10.1. The van der Waals surface area contributed by atoms with E-state index in [2.05, 4.69) is 5.32 Å². The normalized spacial score (nSPS) is 10.1. The number of benzene rings is 2. The molecular weight excluding hydrogens is 290 g/mol. The van der Waals surface area contributed by atoms with Gasteiger partial charge in [-0.25, -0.2) is 0 Å². The van der Waals surface area contributed by atoms with Gasteiger partial charge in [0.05, 0.1) is 14.2 Å². The second-order valence-electron chi connectivity index (χ2n) is 4.49. The van der Waals surface area contributed by atoms with Gasteiger partial charge in [-0.05, 0) is 36.8 Å². The number of ether oxygens (including phenoxy) is 2. The molecule has 0 heterocycles. The Labute approximate surface area is 128 Å². The van der Waals surface area contributed by atoms with Gasteiger partial charge in [-0.3, -0.25) is 4.79 Å². The van der Waals surface area contributed by atoms with Gasteiger partial charge in [0.2, 0.25) is 0 Å². The second kappa shape index (κ2) is 6.50. The maximum absolute atomic E-state index is 12.2. The largest absolute Gasteiger partial charge is 0.493 e. The van der Waals surface area contributed by atoms with E-state index in [1.807, 2.05) is 13.0 Å². The van der Waals surface area contributed by atoms with Gasteiger partial charge >= 0.3 is 0 Å². The fourth-order valence-corrected chi connectivity index (χ4v) is 2.03. The Morgan fingerprint density at radius 1 is 1.05 bits per heavy atom. The minimum absolute atomic E-state index is 0.232. The standard InChI is InChI=1S/C16H16ClNO3/c1-10-4-5-11(8-13(10)17)16(19)18-12-6-7-14(20-2)15(9-12)21-3/h4-9H,1-3H3,(H,18,19). The van der Waals surface area contributed by atoms with Crippen molar-refractivity contribution >= 4 is 23.2 Å². The van der Waals surface area contributed by atoms with E-state index in [-0.39, 0.29) is 5.91 Å². The van der Waals surface area contributed by atoms with Crippen molar-refractivity contribution in [1.29, 1.82) is 0 Å². The van der Waals surface area contributed by atoms with Crippen molar-refractivity contribution in [3.63, 3.8) is 0 Å². The van der Waals surface area contributed by atoms with Crippen LogP contribution < -0.4 is 14.8 Å². The molecule has 0 spiro atoms. The number of nitrogens with one attached hydrogen (secondary N) is 1. The fourth-order valence-electron chi connectivity index (χ4n) is 1.85. The molecule has 21 heavy (non-hydrogen) atoms. The van der Waals surface area contributed by atoms with Crippen LogP contribution in [-0.2, 0) is 0 Å². The van der Waals surface area contributed by atoms with Gasteiger partial charge in [0.25, 0.3) is 5.91 Å². The van der Waals surface area contributed by atoms with E-state index in [0.717, 1.165) is 5.56 Å². The van der Waals surface area contributed by atoms with Crippen molar-refractivity contribution in [2.75, 3.05) is 19.5 Å². The summed E-state index contributed by atoms with van der Waals surface area (Å²) in [6.07, 6.45) is 0. The molecule has 0 radical (unpaired) electrons. The first-order chi connectivity index (χ1) is 10.0. The summed E-state index contributed by atoms with van der Waals surface area (Å²) in [6, 6.07) is 10.4. The summed E-state index contributed by atoms with van der Waals surface area (Å²) < 4.78 is 10.4. The number of hydrogen-bond acceptors (Lipinski definition) is 3. The van der Waals surface area contributed by atoms with Crippen LogP contribution in [0.25, 0.3) is 0 Å². The van der Waals surface area contributed by atoms with Crippen molar-refractivity contribution in [2.24, 2.45) is 0 Å². The van der Waals surface area contributed by atoms with Gasteiger partial charge in [-0.2, -0.15) is 0 Å². The van der Waals surface area contributed by atoms with E-state index in [9.17, 15) is 4.79 Å². The molecule has 1 N–H and O–H groups in total. The lowest BCUT2D eigenvalue weighted by Gasteiger charge is -2.11. The van der Waals surface area contributed by atoms with Gasteiger partial charge in [0.15, 0.2) is 11.5 Å². The molecule has 0 aromatic heterocycles. The Morgan fingerprint density at radius 3 is 2.38 bits per heavy atom. The average molecular weight is 306 g/mol. The molecule has 1 amide bonds. The topological polar surface area (TPSA) is 47.6 Å². The molecule has 2 aromatic rings. The Hall–Kier alpha value is -2.20. The minimum Gasteiger partial charge on any atom is -0.493 e. The van der Waals surface area contributed by atoms with E-state index >= 15 is 0 Å². The quantitative estimate of drug-likeness (QED) is 0.931. The van der Waals surface area contributed by atoms with E-state index in [1.165, 1.54) is 0 Å². The highest BCUT2D eigenvalue weighted by atomic mass is 35.5. The van der Waals surface area contributed by atoms with Crippen LogP contribution in [-0.4, -0.2) is 20.1 Å².